The summed E-state index contributed by atoms with van der Waals surface area (Å²) in [7, 11) is 1.75. The molecule has 2 fully saturated rings. The van der Waals surface area contributed by atoms with Crippen LogP contribution in [0.1, 0.15) is 18.4 Å². The summed E-state index contributed by atoms with van der Waals surface area (Å²) in [6.07, 6.45) is 2.76. The molecule has 0 radical (unpaired) electrons. The third-order valence-corrected chi connectivity index (χ3v) is 4.43. The van der Waals surface area contributed by atoms with Crippen LogP contribution in [0.2, 0.25) is 0 Å². The summed E-state index contributed by atoms with van der Waals surface area (Å²) in [6.45, 7) is 6.85. The lowest BCUT2D eigenvalue weighted by atomic mass is 10.1. The molecule has 22 heavy (non-hydrogen) atoms. The highest BCUT2D eigenvalue weighted by molar-refractivity contribution is 5.60. The van der Waals surface area contributed by atoms with Crippen molar-refractivity contribution in [3.63, 3.8) is 0 Å². The summed E-state index contributed by atoms with van der Waals surface area (Å²) in [4.78, 5) is 2.39. The van der Waals surface area contributed by atoms with E-state index in [1.165, 1.54) is 24.1 Å². The lowest BCUT2D eigenvalue weighted by Gasteiger charge is -2.30. The van der Waals surface area contributed by atoms with Crippen molar-refractivity contribution in [1.29, 1.82) is 0 Å². The summed E-state index contributed by atoms with van der Waals surface area (Å²) in [6, 6.07) is 6.54. The molecule has 0 amide bonds. The van der Waals surface area contributed by atoms with Gasteiger partial charge in [0.25, 0.3) is 0 Å². The van der Waals surface area contributed by atoms with Gasteiger partial charge in [0, 0.05) is 45.9 Å². The molecule has 0 aliphatic carbocycles. The predicted molar refractivity (Wildman–Crippen MR) is 88.8 cm³/mol. The third-order valence-electron chi connectivity index (χ3n) is 4.43. The van der Waals surface area contributed by atoms with Gasteiger partial charge in [0.1, 0.15) is 5.75 Å². The largest absolute Gasteiger partial charge is 0.495 e. The molecule has 2 aliphatic rings. The third kappa shape index (κ3) is 3.91. The Bertz CT molecular complexity index is 469. The van der Waals surface area contributed by atoms with E-state index in [4.69, 9.17) is 9.47 Å². The molecule has 5 heteroatoms. The normalized spacial score (nSPS) is 22.0. The smallest absolute Gasteiger partial charge is 0.142 e. The number of ether oxygens (including phenoxy) is 2. The second kappa shape index (κ2) is 7.81. The monoisotopic (exact) mass is 305 g/mol. The van der Waals surface area contributed by atoms with Crippen molar-refractivity contribution < 1.29 is 9.47 Å². The SMILES string of the molecule is COc1cc(CNCC2CCCO2)ccc1N1CCNCC1. The summed E-state index contributed by atoms with van der Waals surface area (Å²) >= 11 is 0. The summed E-state index contributed by atoms with van der Waals surface area (Å²) in [5.74, 6) is 0.971. The van der Waals surface area contributed by atoms with Crippen LogP contribution in [-0.4, -0.2) is 52.5 Å². The number of hydrogen-bond donors (Lipinski definition) is 2. The molecular weight excluding hydrogens is 278 g/mol. The van der Waals surface area contributed by atoms with Crippen LogP contribution >= 0.6 is 0 Å². The molecule has 0 aromatic heterocycles. The number of anilines is 1. The summed E-state index contributed by atoms with van der Waals surface area (Å²) in [5.41, 5.74) is 2.46. The molecule has 122 valence electrons. The zero-order chi connectivity index (χ0) is 15.2. The van der Waals surface area contributed by atoms with E-state index in [-0.39, 0.29) is 0 Å². The molecule has 1 unspecified atom stereocenters. The number of rotatable bonds is 6. The van der Waals surface area contributed by atoms with Gasteiger partial charge in [-0.2, -0.15) is 0 Å². The molecule has 1 atom stereocenters. The van der Waals surface area contributed by atoms with Crippen molar-refractivity contribution in [3.05, 3.63) is 23.8 Å². The van der Waals surface area contributed by atoms with Crippen LogP contribution in [0.3, 0.4) is 0 Å². The van der Waals surface area contributed by atoms with Crippen molar-refractivity contribution in [2.75, 3.05) is 51.3 Å². The first-order valence-corrected chi connectivity index (χ1v) is 8.32. The molecule has 3 rings (SSSR count). The Hall–Kier alpha value is -1.30. The maximum absolute atomic E-state index is 5.63. The molecule has 2 heterocycles. The fourth-order valence-electron chi connectivity index (χ4n) is 3.18. The summed E-state index contributed by atoms with van der Waals surface area (Å²) < 4.78 is 11.2. The number of nitrogens with one attached hydrogen (secondary N) is 2. The van der Waals surface area contributed by atoms with Crippen LogP contribution in [0.15, 0.2) is 18.2 Å². The van der Waals surface area contributed by atoms with Gasteiger partial charge in [-0.05, 0) is 30.5 Å². The first-order valence-electron chi connectivity index (χ1n) is 8.32. The minimum absolute atomic E-state index is 0.391. The van der Waals surface area contributed by atoms with Crippen LogP contribution in [-0.2, 0) is 11.3 Å². The minimum atomic E-state index is 0.391. The number of nitrogens with zero attached hydrogens (tertiary/aromatic N) is 1. The first-order chi connectivity index (χ1) is 10.9. The molecular formula is C17H27N3O2. The van der Waals surface area contributed by atoms with Crippen molar-refractivity contribution >= 4 is 5.69 Å². The maximum Gasteiger partial charge on any atom is 0.142 e. The molecule has 0 spiro atoms. The summed E-state index contributed by atoms with van der Waals surface area (Å²) in [5, 5.41) is 6.87. The van der Waals surface area contributed by atoms with Crippen LogP contribution < -0.4 is 20.3 Å². The fraction of sp³-hybridized carbons (Fsp3) is 0.647. The van der Waals surface area contributed by atoms with E-state index in [9.17, 15) is 0 Å². The van der Waals surface area contributed by atoms with Gasteiger partial charge in [0.15, 0.2) is 0 Å². The highest BCUT2D eigenvalue weighted by Gasteiger charge is 2.16. The number of methoxy groups -OCH3 is 1. The highest BCUT2D eigenvalue weighted by Crippen LogP contribution is 2.29. The van der Waals surface area contributed by atoms with E-state index in [2.05, 4.69) is 33.7 Å². The van der Waals surface area contributed by atoms with Crippen molar-refractivity contribution in [2.45, 2.75) is 25.5 Å². The van der Waals surface area contributed by atoms with Gasteiger partial charge in [-0.25, -0.2) is 0 Å². The van der Waals surface area contributed by atoms with Crippen molar-refractivity contribution in [2.24, 2.45) is 0 Å². The Morgan fingerprint density at radius 2 is 2.23 bits per heavy atom. The van der Waals surface area contributed by atoms with Crippen LogP contribution in [0.25, 0.3) is 0 Å². The Balaban J connectivity index is 1.58. The Kier molecular flexibility index (Phi) is 5.53. The molecule has 5 nitrogen and oxygen atoms in total. The molecule has 2 N–H and O–H groups in total. The lowest BCUT2D eigenvalue weighted by molar-refractivity contribution is 0.110. The Labute approximate surface area is 133 Å². The van der Waals surface area contributed by atoms with Crippen molar-refractivity contribution in [3.8, 4) is 5.75 Å². The zero-order valence-corrected chi connectivity index (χ0v) is 13.4. The van der Waals surface area contributed by atoms with Gasteiger partial charge in [0.2, 0.25) is 0 Å². The fourth-order valence-corrected chi connectivity index (χ4v) is 3.18. The van der Waals surface area contributed by atoms with E-state index < -0.39 is 0 Å². The molecule has 0 saturated carbocycles. The lowest BCUT2D eigenvalue weighted by Crippen LogP contribution is -2.43. The van der Waals surface area contributed by atoms with Crippen LogP contribution in [0.4, 0.5) is 5.69 Å². The first kappa shape index (κ1) is 15.6. The van der Waals surface area contributed by atoms with E-state index in [1.807, 2.05) is 0 Å². The molecule has 1 aromatic carbocycles. The Morgan fingerprint density at radius 1 is 1.36 bits per heavy atom. The number of hydrogen-bond acceptors (Lipinski definition) is 5. The molecule has 2 saturated heterocycles. The second-order valence-corrected chi connectivity index (χ2v) is 6.01. The van der Waals surface area contributed by atoms with Gasteiger partial charge in [0.05, 0.1) is 18.9 Å². The Morgan fingerprint density at radius 3 is 2.95 bits per heavy atom. The molecule has 2 aliphatic heterocycles. The van der Waals surface area contributed by atoms with Crippen LogP contribution in [0, 0.1) is 0 Å². The average Bonchev–Trinajstić information content (AvgIpc) is 3.09. The van der Waals surface area contributed by atoms with Gasteiger partial charge in [-0.3, -0.25) is 0 Å². The van der Waals surface area contributed by atoms with Gasteiger partial charge in [-0.15, -0.1) is 0 Å². The zero-order valence-electron chi connectivity index (χ0n) is 13.4. The van der Waals surface area contributed by atoms with E-state index in [1.54, 1.807) is 7.11 Å². The maximum atomic E-state index is 5.63. The predicted octanol–water partition coefficient (Wildman–Crippen LogP) is 1.37. The standard InChI is InChI=1S/C17H27N3O2/c1-21-17-11-14(12-19-13-15-3-2-10-22-15)4-5-16(17)20-8-6-18-7-9-20/h4-5,11,15,18-19H,2-3,6-10,12-13H2,1H3. The van der Waals surface area contributed by atoms with Crippen molar-refractivity contribution in [1.82, 2.24) is 10.6 Å². The molecule has 0 bridgehead atoms. The van der Waals surface area contributed by atoms with Gasteiger partial charge in [-0.1, -0.05) is 6.07 Å². The highest BCUT2D eigenvalue weighted by atomic mass is 16.5. The number of piperazine rings is 1. The van der Waals surface area contributed by atoms with E-state index in [0.29, 0.717) is 6.10 Å². The van der Waals surface area contributed by atoms with Gasteiger partial charge >= 0.3 is 0 Å². The van der Waals surface area contributed by atoms with Crippen LogP contribution in [0.5, 0.6) is 5.75 Å². The number of benzene rings is 1. The van der Waals surface area contributed by atoms with E-state index in [0.717, 1.165) is 51.6 Å². The second-order valence-electron chi connectivity index (χ2n) is 6.01. The quantitative estimate of drug-likeness (QED) is 0.831. The average molecular weight is 305 g/mol. The van der Waals surface area contributed by atoms with Gasteiger partial charge < -0.3 is 25.0 Å². The minimum Gasteiger partial charge on any atom is -0.495 e. The topological polar surface area (TPSA) is 45.8 Å². The van der Waals surface area contributed by atoms with E-state index >= 15 is 0 Å². The molecule has 1 aromatic rings.